The van der Waals surface area contributed by atoms with E-state index in [0.29, 0.717) is 15.7 Å². The van der Waals surface area contributed by atoms with E-state index in [4.69, 9.17) is 5.73 Å². The van der Waals surface area contributed by atoms with E-state index in [2.05, 4.69) is 15.5 Å². The second-order valence-corrected chi connectivity index (χ2v) is 6.92. The molecule has 3 aromatic rings. The van der Waals surface area contributed by atoms with Gasteiger partial charge < -0.3 is 11.1 Å². The highest BCUT2D eigenvalue weighted by Gasteiger charge is 2.15. The van der Waals surface area contributed by atoms with Gasteiger partial charge in [-0.2, -0.15) is 0 Å². The van der Waals surface area contributed by atoms with E-state index < -0.39 is 5.91 Å². The minimum atomic E-state index is -0.566. The Morgan fingerprint density at radius 3 is 2.72 bits per heavy atom. The Bertz CT molecular complexity index is 904. The Labute approximate surface area is 152 Å². The summed E-state index contributed by atoms with van der Waals surface area (Å²) in [5, 5.41) is 13.7. The molecule has 0 unspecified atom stereocenters. The molecule has 25 heavy (non-hydrogen) atoms. The zero-order chi connectivity index (χ0) is 17.8. The Morgan fingerprint density at radius 2 is 2.00 bits per heavy atom. The number of hydrogen-bond donors (Lipinski definition) is 2. The highest BCUT2D eigenvalue weighted by atomic mass is 32.2. The zero-order valence-corrected chi connectivity index (χ0v) is 14.9. The number of nitrogens with two attached hydrogens (primary N) is 1. The first-order chi connectivity index (χ1) is 12.1. The molecule has 0 atom stereocenters. The third-order valence-corrected chi connectivity index (χ3v) is 5.08. The van der Waals surface area contributed by atoms with Crippen molar-refractivity contribution in [1.29, 1.82) is 0 Å². The molecule has 0 bridgehead atoms. The summed E-state index contributed by atoms with van der Waals surface area (Å²) in [5.74, 6) is 0.0726. The Kier molecular flexibility index (Phi) is 5.15. The number of aromatic nitrogens is 3. The van der Waals surface area contributed by atoms with Gasteiger partial charge in [0, 0.05) is 5.69 Å². The van der Waals surface area contributed by atoms with E-state index in [-0.39, 0.29) is 11.7 Å². The normalized spacial score (nSPS) is 10.6. The van der Waals surface area contributed by atoms with E-state index in [1.54, 1.807) is 11.4 Å². The summed E-state index contributed by atoms with van der Waals surface area (Å²) < 4.78 is 1.89. The lowest BCUT2D eigenvalue weighted by Gasteiger charge is -2.08. The number of carbonyl (C=O) groups is 2. The number of hydrogen-bond acceptors (Lipinski definition) is 6. The monoisotopic (exact) mass is 373 g/mol. The highest BCUT2D eigenvalue weighted by molar-refractivity contribution is 7.99. The van der Waals surface area contributed by atoms with Gasteiger partial charge in [0.15, 0.2) is 5.16 Å². The first-order valence-electron chi connectivity index (χ1n) is 7.33. The lowest BCUT2D eigenvalue weighted by Crippen LogP contribution is -2.18. The van der Waals surface area contributed by atoms with Gasteiger partial charge >= 0.3 is 0 Å². The van der Waals surface area contributed by atoms with Crippen LogP contribution in [0.25, 0.3) is 5.69 Å². The summed E-state index contributed by atoms with van der Waals surface area (Å²) in [4.78, 5) is 23.5. The molecule has 0 saturated carbocycles. The number of anilines is 1. The lowest BCUT2D eigenvalue weighted by atomic mass is 10.3. The Morgan fingerprint density at radius 1 is 1.24 bits per heavy atom. The number of amides is 2. The number of aryl methyl sites for hydroxylation is 1. The van der Waals surface area contributed by atoms with Gasteiger partial charge in [0.1, 0.15) is 10.8 Å². The molecule has 2 heterocycles. The summed E-state index contributed by atoms with van der Waals surface area (Å²) in [6.45, 7) is 1.86. The van der Waals surface area contributed by atoms with Gasteiger partial charge in [-0.05, 0) is 30.5 Å². The topological polar surface area (TPSA) is 103 Å². The van der Waals surface area contributed by atoms with Crippen molar-refractivity contribution in [2.75, 3.05) is 11.1 Å². The number of nitrogens with one attached hydrogen (secondary N) is 1. The van der Waals surface area contributed by atoms with Crippen molar-refractivity contribution in [3.63, 3.8) is 0 Å². The fourth-order valence-electron chi connectivity index (χ4n) is 2.20. The lowest BCUT2D eigenvalue weighted by molar-refractivity contribution is -0.113. The summed E-state index contributed by atoms with van der Waals surface area (Å²) >= 11 is 2.53. The number of thiophene rings is 1. The Hall–Kier alpha value is -2.65. The summed E-state index contributed by atoms with van der Waals surface area (Å²) in [6, 6.07) is 11.3. The van der Waals surface area contributed by atoms with Crippen LogP contribution in [0, 0.1) is 6.92 Å². The van der Waals surface area contributed by atoms with Gasteiger partial charge in [-0.25, -0.2) is 0 Å². The fraction of sp³-hybridized carbons (Fsp3) is 0.125. The van der Waals surface area contributed by atoms with Gasteiger partial charge in [0.2, 0.25) is 5.91 Å². The maximum atomic E-state index is 12.2. The second kappa shape index (κ2) is 7.49. The average Bonchev–Trinajstić information content (AvgIpc) is 3.20. The van der Waals surface area contributed by atoms with Gasteiger partial charge in [-0.1, -0.05) is 30.0 Å². The predicted octanol–water partition coefficient (Wildman–Crippen LogP) is 2.47. The molecular weight excluding hydrogens is 358 g/mol. The molecule has 3 N–H and O–H groups in total. The third-order valence-electron chi connectivity index (χ3n) is 3.33. The molecule has 0 radical (unpaired) electrons. The van der Waals surface area contributed by atoms with E-state index in [9.17, 15) is 9.59 Å². The number of rotatable bonds is 6. The van der Waals surface area contributed by atoms with Crippen molar-refractivity contribution >= 4 is 39.9 Å². The standard InChI is InChI=1S/C16H15N5O2S2/c1-10-19-20-16(21(10)11-5-3-2-4-6-11)25-9-13(22)18-15-12(14(17)23)7-8-24-15/h2-8H,9H2,1H3,(H2,17,23)(H,18,22). The summed E-state index contributed by atoms with van der Waals surface area (Å²) in [5.41, 5.74) is 6.52. The van der Waals surface area contributed by atoms with Crippen molar-refractivity contribution < 1.29 is 9.59 Å². The SMILES string of the molecule is Cc1nnc(SCC(=O)Nc2sccc2C(N)=O)n1-c1ccccc1. The quantitative estimate of drug-likeness (QED) is 0.646. The van der Waals surface area contributed by atoms with Crippen LogP contribution in [0.2, 0.25) is 0 Å². The van der Waals surface area contributed by atoms with Crippen molar-refractivity contribution in [2.45, 2.75) is 12.1 Å². The number of benzene rings is 1. The van der Waals surface area contributed by atoms with Crippen LogP contribution >= 0.6 is 23.1 Å². The highest BCUT2D eigenvalue weighted by Crippen LogP contribution is 2.25. The fourth-order valence-corrected chi connectivity index (χ4v) is 3.81. The molecule has 0 aliphatic carbocycles. The number of carbonyl (C=O) groups excluding carboxylic acids is 2. The summed E-state index contributed by atoms with van der Waals surface area (Å²) in [6.07, 6.45) is 0. The van der Waals surface area contributed by atoms with Crippen LogP contribution in [0.3, 0.4) is 0 Å². The van der Waals surface area contributed by atoms with Crippen LogP contribution < -0.4 is 11.1 Å². The second-order valence-electron chi connectivity index (χ2n) is 5.07. The van der Waals surface area contributed by atoms with Crippen LogP contribution in [0.15, 0.2) is 46.9 Å². The molecule has 0 spiro atoms. The van der Waals surface area contributed by atoms with Crippen LogP contribution in [-0.4, -0.2) is 32.3 Å². The van der Waals surface area contributed by atoms with Crippen LogP contribution in [-0.2, 0) is 4.79 Å². The smallest absolute Gasteiger partial charge is 0.251 e. The predicted molar refractivity (Wildman–Crippen MR) is 98.3 cm³/mol. The third kappa shape index (κ3) is 3.89. The molecule has 2 amide bonds. The van der Waals surface area contributed by atoms with E-state index in [0.717, 1.165) is 11.5 Å². The number of thioether (sulfide) groups is 1. The largest absolute Gasteiger partial charge is 0.366 e. The molecule has 0 saturated heterocycles. The van der Waals surface area contributed by atoms with Crippen molar-refractivity contribution in [3.8, 4) is 5.69 Å². The molecule has 2 aromatic heterocycles. The molecule has 3 rings (SSSR count). The first kappa shape index (κ1) is 17.2. The van der Waals surface area contributed by atoms with Crippen molar-refractivity contribution in [3.05, 3.63) is 53.2 Å². The number of para-hydroxylation sites is 1. The molecule has 7 nitrogen and oxygen atoms in total. The van der Waals surface area contributed by atoms with E-state index in [1.807, 2.05) is 41.8 Å². The molecule has 0 aliphatic heterocycles. The maximum absolute atomic E-state index is 12.2. The van der Waals surface area contributed by atoms with Gasteiger partial charge in [0.05, 0.1) is 11.3 Å². The molecule has 128 valence electrons. The average molecular weight is 373 g/mol. The molecule has 9 heteroatoms. The Balaban J connectivity index is 1.69. The number of nitrogens with zero attached hydrogens (tertiary/aromatic N) is 3. The van der Waals surface area contributed by atoms with E-state index >= 15 is 0 Å². The molecular formula is C16H15N5O2S2. The van der Waals surface area contributed by atoms with Gasteiger partial charge in [-0.15, -0.1) is 21.5 Å². The zero-order valence-electron chi connectivity index (χ0n) is 13.3. The first-order valence-corrected chi connectivity index (χ1v) is 9.20. The molecule has 0 aliphatic rings. The van der Waals surface area contributed by atoms with E-state index in [1.165, 1.54) is 23.1 Å². The minimum absolute atomic E-state index is 0.140. The minimum Gasteiger partial charge on any atom is -0.366 e. The summed E-state index contributed by atoms with van der Waals surface area (Å²) in [7, 11) is 0. The van der Waals surface area contributed by atoms with Crippen LogP contribution in [0.1, 0.15) is 16.2 Å². The van der Waals surface area contributed by atoms with Gasteiger partial charge in [0.25, 0.3) is 5.91 Å². The van der Waals surface area contributed by atoms with Crippen LogP contribution in [0.4, 0.5) is 5.00 Å². The molecule has 1 aromatic carbocycles. The molecule has 0 fully saturated rings. The van der Waals surface area contributed by atoms with Gasteiger partial charge in [-0.3, -0.25) is 14.2 Å². The van der Waals surface area contributed by atoms with Crippen molar-refractivity contribution in [2.24, 2.45) is 5.73 Å². The maximum Gasteiger partial charge on any atom is 0.251 e. The van der Waals surface area contributed by atoms with Crippen LogP contribution in [0.5, 0.6) is 0 Å². The number of primary amides is 1. The van der Waals surface area contributed by atoms with Crippen molar-refractivity contribution in [1.82, 2.24) is 14.8 Å².